The standard InChI is InChI=1S/C21H22N4O5S/c1-21(2)18(27)25(20(28)30-21)11-16(31)12-5-9-15(10-6-12)29-17(26)13-3-7-14(8-4-13)24-19(22)23/h3-10,16,31H,11H2,1-2H3,(H4,22,23,24). The third-order valence-corrected chi connectivity index (χ3v) is 4.98. The van der Waals surface area contributed by atoms with Crippen molar-refractivity contribution < 1.29 is 23.9 Å². The Hall–Kier alpha value is -3.53. The second-order valence-corrected chi connectivity index (χ2v) is 7.98. The molecule has 1 unspecified atom stereocenters. The summed E-state index contributed by atoms with van der Waals surface area (Å²) in [5.41, 5.74) is 11.1. The number of carbonyl (C=O) groups excluding carboxylic acids is 3. The highest BCUT2D eigenvalue weighted by molar-refractivity contribution is 7.80. The minimum Gasteiger partial charge on any atom is -0.433 e. The number of nitrogens with two attached hydrogens (primary N) is 2. The van der Waals surface area contributed by atoms with Crippen molar-refractivity contribution in [2.24, 2.45) is 16.5 Å². The van der Waals surface area contributed by atoms with Gasteiger partial charge in [-0.15, -0.1) is 0 Å². The van der Waals surface area contributed by atoms with Crippen LogP contribution in [-0.2, 0) is 9.53 Å². The zero-order chi connectivity index (χ0) is 22.8. The van der Waals surface area contributed by atoms with Gasteiger partial charge < -0.3 is 20.9 Å². The van der Waals surface area contributed by atoms with Crippen LogP contribution in [0.2, 0.25) is 0 Å². The van der Waals surface area contributed by atoms with E-state index in [4.69, 9.17) is 20.9 Å². The Labute approximate surface area is 184 Å². The molecule has 1 heterocycles. The second-order valence-electron chi connectivity index (χ2n) is 7.35. The van der Waals surface area contributed by atoms with Gasteiger partial charge in [0.2, 0.25) is 0 Å². The molecule has 0 aliphatic carbocycles. The second kappa shape index (κ2) is 8.68. The number of ether oxygens (including phenoxy) is 2. The molecule has 2 aromatic rings. The molecule has 0 bridgehead atoms. The van der Waals surface area contributed by atoms with E-state index in [0.29, 0.717) is 17.0 Å². The van der Waals surface area contributed by atoms with E-state index in [1.165, 1.54) is 0 Å². The lowest BCUT2D eigenvalue weighted by Crippen LogP contribution is -2.37. The van der Waals surface area contributed by atoms with E-state index in [9.17, 15) is 14.4 Å². The van der Waals surface area contributed by atoms with Crippen molar-refractivity contribution in [3.8, 4) is 5.75 Å². The van der Waals surface area contributed by atoms with Crippen LogP contribution < -0.4 is 16.2 Å². The predicted molar refractivity (Wildman–Crippen MR) is 117 cm³/mol. The number of hydrogen-bond acceptors (Lipinski definition) is 7. The summed E-state index contributed by atoms with van der Waals surface area (Å²) in [5.74, 6) is -0.694. The maximum Gasteiger partial charge on any atom is 0.417 e. The van der Waals surface area contributed by atoms with Gasteiger partial charge in [-0.05, 0) is 55.8 Å². The average molecular weight is 442 g/mol. The number of aliphatic imine (C=N–C) groups is 1. The van der Waals surface area contributed by atoms with E-state index >= 15 is 0 Å². The van der Waals surface area contributed by atoms with Gasteiger partial charge in [0, 0.05) is 11.8 Å². The van der Waals surface area contributed by atoms with Crippen LogP contribution in [0.15, 0.2) is 53.5 Å². The third kappa shape index (κ3) is 5.15. The molecule has 2 aromatic carbocycles. The molecule has 9 nitrogen and oxygen atoms in total. The highest BCUT2D eigenvalue weighted by Crippen LogP contribution is 2.29. The van der Waals surface area contributed by atoms with Gasteiger partial charge in [0.1, 0.15) is 5.75 Å². The first-order valence-corrected chi connectivity index (χ1v) is 9.83. The van der Waals surface area contributed by atoms with Crippen molar-refractivity contribution >= 4 is 42.2 Å². The first kappa shape index (κ1) is 22.2. The van der Waals surface area contributed by atoms with Gasteiger partial charge in [0.05, 0.1) is 11.3 Å². The van der Waals surface area contributed by atoms with Gasteiger partial charge in [-0.2, -0.15) is 12.6 Å². The summed E-state index contributed by atoms with van der Waals surface area (Å²) in [6.07, 6.45) is -0.689. The zero-order valence-electron chi connectivity index (χ0n) is 16.9. The highest BCUT2D eigenvalue weighted by atomic mass is 32.1. The molecule has 1 fully saturated rings. The molecule has 4 N–H and O–H groups in total. The maximum atomic E-state index is 12.3. The topological polar surface area (TPSA) is 137 Å². The molecular weight excluding hydrogens is 420 g/mol. The number of benzene rings is 2. The number of amides is 2. The molecule has 31 heavy (non-hydrogen) atoms. The number of carbonyl (C=O) groups is 3. The molecule has 0 saturated carbocycles. The zero-order valence-corrected chi connectivity index (χ0v) is 17.8. The van der Waals surface area contributed by atoms with Crippen molar-refractivity contribution in [2.75, 3.05) is 6.54 Å². The van der Waals surface area contributed by atoms with E-state index in [-0.39, 0.29) is 12.5 Å². The van der Waals surface area contributed by atoms with Crippen LogP contribution in [0.3, 0.4) is 0 Å². The van der Waals surface area contributed by atoms with Crippen LogP contribution in [0.1, 0.15) is 35.0 Å². The van der Waals surface area contributed by atoms with Gasteiger partial charge in [0.25, 0.3) is 5.91 Å². The van der Waals surface area contributed by atoms with Gasteiger partial charge in [0.15, 0.2) is 11.6 Å². The number of esters is 1. The van der Waals surface area contributed by atoms with Crippen molar-refractivity contribution in [1.29, 1.82) is 0 Å². The van der Waals surface area contributed by atoms with Crippen molar-refractivity contribution in [1.82, 2.24) is 4.90 Å². The number of nitrogens with zero attached hydrogens (tertiary/aromatic N) is 2. The molecule has 1 atom stereocenters. The van der Waals surface area contributed by atoms with Gasteiger partial charge in [-0.1, -0.05) is 12.1 Å². The number of imide groups is 1. The van der Waals surface area contributed by atoms with E-state index < -0.39 is 28.8 Å². The van der Waals surface area contributed by atoms with Crippen molar-refractivity contribution in [3.63, 3.8) is 0 Å². The number of guanidine groups is 1. The summed E-state index contributed by atoms with van der Waals surface area (Å²) in [6, 6.07) is 12.9. The molecular formula is C21H22N4O5S. The number of thiol groups is 1. The monoisotopic (exact) mass is 442 g/mol. The molecule has 1 saturated heterocycles. The lowest BCUT2D eigenvalue weighted by atomic mass is 10.1. The molecule has 0 spiro atoms. The fourth-order valence-corrected chi connectivity index (χ4v) is 3.24. The molecule has 0 radical (unpaired) electrons. The summed E-state index contributed by atoms with van der Waals surface area (Å²) >= 11 is 4.49. The molecule has 2 amide bonds. The molecule has 0 aromatic heterocycles. The molecule has 1 aliphatic rings. The molecule has 162 valence electrons. The quantitative estimate of drug-likeness (QED) is 0.205. The summed E-state index contributed by atoms with van der Waals surface area (Å²) < 4.78 is 10.4. The molecule has 10 heteroatoms. The molecule has 3 rings (SSSR count). The third-order valence-electron chi connectivity index (χ3n) is 4.52. The fraction of sp³-hybridized carbons (Fsp3) is 0.238. The van der Waals surface area contributed by atoms with Crippen LogP contribution in [0.4, 0.5) is 10.5 Å². The number of cyclic esters (lactones) is 1. The Morgan fingerprint density at radius 3 is 2.26 bits per heavy atom. The normalized spacial score (nSPS) is 15.9. The first-order valence-electron chi connectivity index (χ1n) is 9.31. The van der Waals surface area contributed by atoms with Gasteiger partial charge >= 0.3 is 12.1 Å². The lowest BCUT2D eigenvalue weighted by Gasteiger charge is -2.18. The van der Waals surface area contributed by atoms with Crippen LogP contribution in [-0.4, -0.2) is 41.0 Å². The minimum absolute atomic E-state index is 0.0610. The Morgan fingerprint density at radius 1 is 1.13 bits per heavy atom. The number of hydrogen-bond donors (Lipinski definition) is 3. The Bertz CT molecular complexity index is 1030. The van der Waals surface area contributed by atoms with Crippen molar-refractivity contribution in [2.45, 2.75) is 24.7 Å². The Balaban J connectivity index is 1.62. The average Bonchev–Trinajstić information content (AvgIpc) is 2.90. The summed E-state index contributed by atoms with van der Waals surface area (Å²) in [5, 5.41) is -0.432. The Kier molecular flexibility index (Phi) is 6.21. The largest absolute Gasteiger partial charge is 0.433 e. The maximum absolute atomic E-state index is 12.3. The SMILES string of the molecule is CC1(C)OC(=O)N(CC(S)c2ccc(OC(=O)c3ccc(N=C(N)N)cc3)cc2)C1=O. The Morgan fingerprint density at radius 2 is 1.74 bits per heavy atom. The van der Waals surface area contributed by atoms with Gasteiger partial charge in [-0.25, -0.2) is 19.5 Å². The van der Waals surface area contributed by atoms with Gasteiger partial charge in [-0.3, -0.25) is 4.79 Å². The summed E-state index contributed by atoms with van der Waals surface area (Å²) in [7, 11) is 0. The smallest absolute Gasteiger partial charge is 0.417 e. The molecule has 1 aliphatic heterocycles. The highest BCUT2D eigenvalue weighted by Gasteiger charge is 2.47. The fourth-order valence-electron chi connectivity index (χ4n) is 2.91. The van der Waals surface area contributed by atoms with E-state index in [1.807, 2.05) is 0 Å². The van der Waals surface area contributed by atoms with E-state index in [2.05, 4.69) is 17.6 Å². The van der Waals surface area contributed by atoms with Crippen LogP contribution in [0, 0.1) is 0 Å². The van der Waals surface area contributed by atoms with E-state index in [1.54, 1.807) is 62.4 Å². The minimum atomic E-state index is -1.18. The van der Waals surface area contributed by atoms with Crippen LogP contribution in [0.5, 0.6) is 5.75 Å². The van der Waals surface area contributed by atoms with E-state index in [0.717, 1.165) is 10.5 Å². The van der Waals surface area contributed by atoms with Crippen LogP contribution in [0.25, 0.3) is 0 Å². The van der Waals surface area contributed by atoms with Crippen molar-refractivity contribution in [3.05, 3.63) is 59.7 Å². The first-order chi connectivity index (χ1) is 14.6. The number of rotatable bonds is 6. The predicted octanol–water partition coefficient (Wildman–Crippen LogP) is 2.54. The summed E-state index contributed by atoms with van der Waals surface area (Å²) in [4.78, 5) is 41.4. The lowest BCUT2D eigenvalue weighted by molar-refractivity contribution is -0.134. The van der Waals surface area contributed by atoms with Crippen LogP contribution >= 0.6 is 12.6 Å². The summed E-state index contributed by atoms with van der Waals surface area (Å²) in [6.45, 7) is 3.14.